The van der Waals surface area contributed by atoms with Crippen LogP contribution in [0.3, 0.4) is 0 Å². The predicted octanol–water partition coefficient (Wildman–Crippen LogP) is 3.73. The van der Waals surface area contributed by atoms with Gasteiger partial charge in [0.2, 0.25) is 5.91 Å². The second-order valence-electron chi connectivity index (χ2n) is 6.02. The number of piperidine rings is 1. The maximum Gasteiger partial charge on any atom is 0.265 e. The Morgan fingerprint density at radius 3 is 2.60 bits per heavy atom. The quantitative estimate of drug-likeness (QED) is 0.850. The van der Waals surface area contributed by atoms with Gasteiger partial charge in [0.05, 0.1) is 5.69 Å². The van der Waals surface area contributed by atoms with Crippen LogP contribution in [0.5, 0.6) is 0 Å². The normalized spacial score (nSPS) is 14.7. The molecule has 6 heteroatoms. The van der Waals surface area contributed by atoms with E-state index in [4.69, 9.17) is 0 Å². The number of hydrogen-bond acceptors (Lipinski definition) is 4. The minimum absolute atomic E-state index is 0.0232. The second-order valence-corrected chi connectivity index (χ2v) is 7.02. The number of amides is 2. The zero-order valence-electron chi connectivity index (χ0n) is 14.2. The van der Waals surface area contributed by atoms with Crippen molar-refractivity contribution < 1.29 is 9.59 Å². The number of benzene rings is 1. The number of rotatable bonds is 4. The van der Waals surface area contributed by atoms with Crippen molar-refractivity contribution in [1.82, 2.24) is 9.88 Å². The molecule has 0 bridgehead atoms. The van der Waals surface area contributed by atoms with Gasteiger partial charge in [-0.25, -0.2) is 4.98 Å². The van der Waals surface area contributed by atoms with Crippen LogP contribution in [0.25, 0.3) is 6.08 Å². The molecule has 1 aliphatic rings. The Morgan fingerprint density at radius 1 is 1.16 bits per heavy atom. The molecule has 0 spiro atoms. The first-order valence-corrected chi connectivity index (χ1v) is 9.26. The highest BCUT2D eigenvalue weighted by Crippen LogP contribution is 2.25. The van der Waals surface area contributed by atoms with E-state index in [-0.39, 0.29) is 11.8 Å². The molecular weight excluding hydrogens is 334 g/mol. The summed E-state index contributed by atoms with van der Waals surface area (Å²) in [4.78, 5) is 31.5. The van der Waals surface area contributed by atoms with Crippen LogP contribution in [0.2, 0.25) is 0 Å². The van der Waals surface area contributed by atoms with E-state index in [2.05, 4.69) is 10.3 Å². The van der Waals surface area contributed by atoms with Crippen LogP contribution in [0.1, 0.15) is 40.2 Å². The Hall–Kier alpha value is -2.47. The first-order valence-electron chi connectivity index (χ1n) is 8.44. The fraction of sp³-hybridized carbons (Fsp3) is 0.316. The number of hydrogen-bond donors (Lipinski definition) is 1. The molecule has 130 valence electrons. The molecule has 1 fully saturated rings. The van der Waals surface area contributed by atoms with Gasteiger partial charge in [0.1, 0.15) is 4.88 Å². The van der Waals surface area contributed by atoms with Crippen LogP contribution in [0.4, 0.5) is 5.13 Å². The minimum Gasteiger partial charge on any atom is -0.338 e. The molecular formula is C19H21N3O2S. The molecule has 0 atom stereocenters. The largest absolute Gasteiger partial charge is 0.338 e. The molecule has 1 aromatic carbocycles. The third kappa shape index (κ3) is 4.54. The van der Waals surface area contributed by atoms with Crippen LogP contribution in [-0.2, 0) is 4.79 Å². The molecule has 3 rings (SSSR count). The Kier molecular flexibility index (Phi) is 5.60. The molecule has 0 aliphatic carbocycles. The van der Waals surface area contributed by atoms with Crippen LogP contribution < -0.4 is 5.32 Å². The van der Waals surface area contributed by atoms with Crippen LogP contribution in [0.15, 0.2) is 36.4 Å². The Bertz CT molecular complexity index is 777. The van der Waals surface area contributed by atoms with E-state index in [0.29, 0.717) is 15.7 Å². The summed E-state index contributed by atoms with van der Waals surface area (Å²) in [6.07, 6.45) is 6.50. The molecule has 2 amide bonds. The molecule has 2 heterocycles. The fourth-order valence-electron chi connectivity index (χ4n) is 2.77. The molecule has 0 unspecified atom stereocenters. The van der Waals surface area contributed by atoms with E-state index in [1.54, 1.807) is 6.08 Å². The third-order valence-electron chi connectivity index (χ3n) is 4.09. The van der Waals surface area contributed by atoms with Crippen LogP contribution >= 0.6 is 11.3 Å². The summed E-state index contributed by atoms with van der Waals surface area (Å²) >= 11 is 1.24. The second kappa shape index (κ2) is 8.07. The lowest BCUT2D eigenvalue weighted by atomic mass is 10.1. The lowest BCUT2D eigenvalue weighted by Gasteiger charge is -2.26. The SMILES string of the molecule is Cc1nc(NC(=O)/C=C\c2ccccc2)sc1C(=O)N1CCCCC1. The summed E-state index contributed by atoms with van der Waals surface area (Å²) in [6.45, 7) is 3.42. The average Bonchev–Trinajstić information content (AvgIpc) is 3.01. The number of aromatic nitrogens is 1. The maximum atomic E-state index is 12.6. The number of anilines is 1. The van der Waals surface area contributed by atoms with Crippen molar-refractivity contribution in [3.05, 3.63) is 52.5 Å². The lowest BCUT2D eigenvalue weighted by molar-refractivity contribution is -0.111. The van der Waals surface area contributed by atoms with Gasteiger partial charge in [-0.15, -0.1) is 0 Å². The number of nitrogens with one attached hydrogen (secondary N) is 1. The Labute approximate surface area is 151 Å². The summed E-state index contributed by atoms with van der Waals surface area (Å²) in [5.41, 5.74) is 1.62. The third-order valence-corrected chi connectivity index (χ3v) is 5.15. The summed E-state index contributed by atoms with van der Waals surface area (Å²) in [7, 11) is 0. The molecule has 0 saturated carbocycles. The molecule has 2 aromatic rings. The molecule has 1 N–H and O–H groups in total. The average molecular weight is 355 g/mol. The van der Waals surface area contributed by atoms with Crippen LogP contribution in [-0.4, -0.2) is 34.8 Å². The highest BCUT2D eigenvalue weighted by molar-refractivity contribution is 7.17. The molecule has 1 saturated heterocycles. The number of carbonyl (C=O) groups is 2. The van der Waals surface area contributed by atoms with Crippen molar-refractivity contribution in [2.24, 2.45) is 0 Å². The fourth-order valence-corrected chi connectivity index (χ4v) is 3.71. The van der Waals surface area contributed by atoms with Crippen molar-refractivity contribution in [3.8, 4) is 0 Å². The molecule has 1 aromatic heterocycles. The lowest BCUT2D eigenvalue weighted by Crippen LogP contribution is -2.35. The summed E-state index contributed by atoms with van der Waals surface area (Å²) in [5, 5.41) is 3.20. The monoisotopic (exact) mass is 355 g/mol. The molecule has 5 nitrogen and oxygen atoms in total. The van der Waals surface area contributed by atoms with Gasteiger partial charge in [0.25, 0.3) is 5.91 Å². The Morgan fingerprint density at radius 2 is 1.88 bits per heavy atom. The highest BCUT2D eigenvalue weighted by atomic mass is 32.1. The van der Waals surface area contributed by atoms with Gasteiger partial charge in [-0.1, -0.05) is 41.7 Å². The number of thiazole rings is 1. The minimum atomic E-state index is -0.255. The van der Waals surface area contributed by atoms with E-state index < -0.39 is 0 Å². The van der Waals surface area contributed by atoms with Crippen molar-refractivity contribution in [2.75, 3.05) is 18.4 Å². The van der Waals surface area contributed by atoms with Crippen LogP contribution in [0, 0.1) is 6.92 Å². The van der Waals surface area contributed by atoms with Crippen molar-refractivity contribution in [2.45, 2.75) is 26.2 Å². The topological polar surface area (TPSA) is 62.3 Å². The van der Waals surface area contributed by atoms with Gasteiger partial charge in [-0.2, -0.15) is 0 Å². The number of likely N-dealkylation sites (tertiary alicyclic amines) is 1. The van der Waals surface area contributed by atoms with E-state index in [0.717, 1.165) is 31.5 Å². The van der Waals surface area contributed by atoms with E-state index in [9.17, 15) is 9.59 Å². The van der Waals surface area contributed by atoms with Crippen molar-refractivity contribution >= 4 is 34.4 Å². The van der Waals surface area contributed by atoms with E-state index in [1.807, 2.05) is 42.2 Å². The molecule has 0 radical (unpaired) electrons. The Balaban J connectivity index is 1.64. The van der Waals surface area contributed by atoms with Crippen molar-refractivity contribution in [3.63, 3.8) is 0 Å². The number of aryl methyl sites for hydroxylation is 1. The first-order chi connectivity index (χ1) is 12.1. The highest BCUT2D eigenvalue weighted by Gasteiger charge is 2.23. The molecule has 1 aliphatic heterocycles. The van der Waals surface area contributed by atoms with Gasteiger partial charge in [-0.3, -0.25) is 14.9 Å². The summed E-state index contributed by atoms with van der Waals surface area (Å²) in [6, 6.07) is 9.61. The van der Waals surface area contributed by atoms with Crippen molar-refractivity contribution in [1.29, 1.82) is 0 Å². The summed E-state index contributed by atoms with van der Waals surface area (Å²) in [5.74, 6) is -0.232. The number of carbonyl (C=O) groups excluding carboxylic acids is 2. The zero-order valence-corrected chi connectivity index (χ0v) is 15.0. The van der Waals surface area contributed by atoms with Gasteiger partial charge in [0, 0.05) is 19.2 Å². The van der Waals surface area contributed by atoms with Gasteiger partial charge in [0.15, 0.2) is 5.13 Å². The smallest absolute Gasteiger partial charge is 0.265 e. The first kappa shape index (κ1) is 17.4. The zero-order chi connectivity index (χ0) is 17.6. The standard InChI is InChI=1S/C19H21N3O2S/c1-14-17(18(24)22-12-6-3-7-13-22)25-19(20-14)21-16(23)11-10-15-8-4-2-5-9-15/h2,4-5,8-11H,3,6-7,12-13H2,1H3,(H,20,21,23)/b11-10-. The predicted molar refractivity (Wildman–Crippen MR) is 101 cm³/mol. The maximum absolute atomic E-state index is 12.6. The van der Waals surface area contributed by atoms with Gasteiger partial charge >= 0.3 is 0 Å². The van der Waals surface area contributed by atoms with Gasteiger partial charge in [-0.05, 0) is 37.8 Å². The van der Waals surface area contributed by atoms with E-state index in [1.165, 1.54) is 23.8 Å². The number of nitrogens with zero attached hydrogens (tertiary/aromatic N) is 2. The van der Waals surface area contributed by atoms with Gasteiger partial charge < -0.3 is 4.90 Å². The molecule has 25 heavy (non-hydrogen) atoms. The van der Waals surface area contributed by atoms with E-state index >= 15 is 0 Å². The summed E-state index contributed by atoms with van der Waals surface area (Å²) < 4.78 is 0.